The zero-order valence-electron chi connectivity index (χ0n) is 11.1. The zero-order valence-corrected chi connectivity index (χ0v) is 11.1. The highest BCUT2D eigenvalue weighted by atomic mass is 16.7. The van der Waals surface area contributed by atoms with E-state index in [0.717, 1.165) is 25.0 Å². The molecule has 2 aliphatic rings. The molecule has 0 bridgehead atoms. The predicted molar refractivity (Wildman–Crippen MR) is 69.8 cm³/mol. The van der Waals surface area contributed by atoms with Crippen molar-refractivity contribution >= 4 is 0 Å². The quantitative estimate of drug-likeness (QED) is 0.676. The molecule has 0 radical (unpaired) electrons. The molecule has 0 atom stereocenters. The van der Waals surface area contributed by atoms with Gasteiger partial charge in [0.2, 0.25) is 0 Å². The first-order chi connectivity index (χ1) is 8.38. The van der Waals surface area contributed by atoms with Crippen molar-refractivity contribution in [2.45, 2.75) is 58.2 Å². The summed E-state index contributed by atoms with van der Waals surface area (Å²) >= 11 is 0. The molecule has 0 aromatic rings. The maximum atomic E-state index is 5.41. The van der Waals surface area contributed by atoms with E-state index in [0.29, 0.717) is 0 Å². The van der Waals surface area contributed by atoms with Gasteiger partial charge in [-0.15, -0.1) is 0 Å². The Morgan fingerprint density at radius 1 is 1.00 bits per heavy atom. The van der Waals surface area contributed by atoms with Crippen LogP contribution in [0.1, 0.15) is 51.9 Å². The molecule has 0 spiro atoms. The second-order valence-electron chi connectivity index (χ2n) is 5.42. The average Bonchev–Trinajstić information content (AvgIpc) is 2.88. The van der Waals surface area contributed by atoms with Crippen LogP contribution >= 0.6 is 0 Å². The number of rotatable bonds is 5. The summed E-state index contributed by atoms with van der Waals surface area (Å²) in [5, 5.41) is 0. The fourth-order valence-corrected chi connectivity index (χ4v) is 2.90. The summed E-state index contributed by atoms with van der Waals surface area (Å²) in [5.74, 6) is 1.76. The van der Waals surface area contributed by atoms with Gasteiger partial charge in [-0.1, -0.05) is 32.3 Å². The molecule has 1 aliphatic heterocycles. The minimum atomic E-state index is -0.0622. The van der Waals surface area contributed by atoms with Crippen LogP contribution in [-0.4, -0.2) is 19.5 Å². The molecule has 17 heavy (non-hydrogen) atoms. The van der Waals surface area contributed by atoms with Gasteiger partial charge in [0, 0.05) is 0 Å². The number of ether oxygens (including phenoxy) is 2. The Morgan fingerprint density at radius 2 is 1.71 bits per heavy atom. The van der Waals surface area contributed by atoms with Crippen molar-refractivity contribution < 1.29 is 9.47 Å². The van der Waals surface area contributed by atoms with Crippen LogP contribution in [0.25, 0.3) is 0 Å². The summed E-state index contributed by atoms with van der Waals surface area (Å²) in [4.78, 5) is 0. The average molecular weight is 238 g/mol. The summed E-state index contributed by atoms with van der Waals surface area (Å²) in [6.45, 7) is 3.79. The van der Waals surface area contributed by atoms with Gasteiger partial charge in [-0.2, -0.15) is 0 Å². The van der Waals surface area contributed by atoms with Crippen molar-refractivity contribution in [3.8, 4) is 0 Å². The van der Waals surface area contributed by atoms with Crippen molar-refractivity contribution in [2.24, 2.45) is 11.8 Å². The Bertz CT molecular complexity index is 223. The van der Waals surface area contributed by atoms with E-state index < -0.39 is 0 Å². The van der Waals surface area contributed by atoms with Crippen LogP contribution in [0, 0.1) is 11.8 Å². The normalized spacial score (nSPS) is 31.4. The molecule has 98 valence electrons. The maximum absolute atomic E-state index is 5.41. The number of hydrogen-bond donors (Lipinski definition) is 0. The van der Waals surface area contributed by atoms with Crippen LogP contribution in [0.15, 0.2) is 12.2 Å². The predicted octanol–water partition coefficient (Wildman–Crippen LogP) is 3.91. The van der Waals surface area contributed by atoms with Crippen molar-refractivity contribution in [3.63, 3.8) is 0 Å². The monoisotopic (exact) mass is 238 g/mol. The smallest absolute Gasteiger partial charge is 0.177 e. The summed E-state index contributed by atoms with van der Waals surface area (Å²) in [7, 11) is 0. The van der Waals surface area contributed by atoms with Crippen LogP contribution in [-0.2, 0) is 9.47 Å². The third kappa shape index (κ3) is 4.44. The molecule has 0 amide bonds. The molecular formula is C15H26O2. The number of hydrogen-bond acceptors (Lipinski definition) is 2. The van der Waals surface area contributed by atoms with Crippen LogP contribution in [0.5, 0.6) is 0 Å². The molecule has 1 aliphatic carbocycles. The Balaban J connectivity index is 1.64. The largest absolute Gasteiger partial charge is 0.347 e. The third-order valence-corrected chi connectivity index (χ3v) is 4.05. The van der Waals surface area contributed by atoms with Crippen molar-refractivity contribution in [2.75, 3.05) is 13.2 Å². The van der Waals surface area contributed by atoms with Gasteiger partial charge in [0.25, 0.3) is 0 Å². The Kier molecular flexibility index (Phi) is 5.53. The lowest BCUT2D eigenvalue weighted by molar-refractivity contribution is -0.00204. The minimum absolute atomic E-state index is 0.0622. The molecule has 1 heterocycles. The highest BCUT2D eigenvalue weighted by molar-refractivity contribution is 4.93. The van der Waals surface area contributed by atoms with Crippen molar-refractivity contribution in [1.29, 1.82) is 0 Å². The van der Waals surface area contributed by atoms with Gasteiger partial charge in [0.05, 0.1) is 13.2 Å². The SMILES string of the molecule is CCCC[C@H]1CC[C@H](/C=C/C2OCCO2)CC1. The number of unbranched alkanes of at least 4 members (excludes halogenated alkanes) is 1. The Hall–Kier alpha value is -0.340. The second-order valence-corrected chi connectivity index (χ2v) is 5.42. The lowest BCUT2D eigenvalue weighted by atomic mass is 9.80. The Morgan fingerprint density at radius 3 is 2.35 bits per heavy atom. The third-order valence-electron chi connectivity index (χ3n) is 4.05. The van der Waals surface area contributed by atoms with Gasteiger partial charge >= 0.3 is 0 Å². The van der Waals surface area contributed by atoms with E-state index in [1.54, 1.807) is 0 Å². The Labute approximate surface area is 105 Å². The summed E-state index contributed by atoms with van der Waals surface area (Å²) in [6.07, 6.45) is 14.1. The lowest BCUT2D eigenvalue weighted by Gasteiger charge is -2.26. The first-order valence-electron chi connectivity index (χ1n) is 7.30. The lowest BCUT2D eigenvalue weighted by Crippen LogP contribution is -2.13. The van der Waals surface area contributed by atoms with E-state index in [-0.39, 0.29) is 6.29 Å². The molecule has 1 saturated carbocycles. The molecule has 2 heteroatoms. The molecule has 0 unspecified atom stereocenters. The van der Waals surface area contributed by atoms with Gasteiger partial charge in [-0.05, 0) is 43.6 Å². The van der Waals surface area contributed by atoms with E-state index in [2.05, 4.69) is 19.1 Å². The van der Waals surface area contributed by atoms with Crippen LogP contribution in [0.3, 0.4) is 0 Å². The molecule has 2 rings (SSSR count). The zero-order chi connectivity index (χ0) is 11.9. The van der Waals surface area contributed by atoms with Crippen LogP contribution < -0.4 is 0 Å². The molecule has 0 N–H and O–H groups in total. The van der Waals surface area contributed by atoms with Gasteiger partial charge in [0.1, 0.15) is 0 Å². The van der Waals surface area contributed by atoms with Crippen molar-refractivity contribution in [3.05, 3.63) is 12.2 Å². The van der Waals surface area contributed by atoms with E-state index in [1.165, 1.54) is 44.9 Å². The molecule has 1 saturated heterocycles. The van der Waals surface area contributed by atoms with E-state index >= 15 is 0 Å². The van der Waals surface area contributed by atoms with Crippen molar-refractivity contribution in [1.82, 2.24) is 0 Å². The van der Waals surface area contributed by atoms with Gasteiger partial charge in [-0.3, -0.25) is 0 Å². The van der Waals surface area contributed by atoms with Crippen LogP contribution in [0.2, 0.25) is 0 Å². The highest BCUT2D eigenvalue weighted by Gasteiger charge is 2.19. The fourth-order valence-electron chi connectivity index (χ4n) is 2.90. The molecule has 0 aromatic heterocycles. The van der Waals surface area contributed by atoms with Crippen LogP contribution in [0.4, 0.5) is 0 Å². The van der Waals surface area contributed by atoms with Gasteiger partial charge in [0.15, 0.2) is 6.29 Å². The highest BCUT2D eigenvalue weighted by Crippen LogP contribution is 2.32. The van der Waals surface area contributed by atoms with E-state index in [9.17, 15) is 0 Å². The molecule has 2 fully saturated rings. The van der Waals surface area contributed by atoms with E-state index in [1.807, 2.05) is 0 Å². The fraction of sp³-hybridized carbons (Fsp3) is 0.867. The summed E-state index contributed by atoms with van der Waals surface area (Å²) < 4.78 is 10.8. The molecule has 2 nitrogen and oxygen atoms in total. The maximum Gasteiger partial charge on any atom is 0.177 e. The van der Waals surface area contributed by atoms with Gasteiger partial charge in [-0.25, -0.2) is 0 Å². The summed E-state index contributed by atoms with van der Waals surface area (Å²) in [6, 6.07) is 0. The minimum Gasteiger partial charge on any atom is -0.347 e. The van der Waals surface area contributed by atoms with Gasteiger partial charge < -0.3 is 9.47 Å². The number of allylic oxidation sites excluding steroid dienone is 1. The topological polar surface area (TPSA) is 18.5 Å². The first kappa shape index (κ1) is 13.1. The first-order valence-corrected chi connectivity index (χ1v) is 7.30. The summed E-state index contributed by atoms with van der Waals surface area (Å²) in [5.41, 5.74) is 0. The van der Waals surface area contributed by atoms with E-state index in [4.69, 9.17) is 9.47 Å². The second kappa shape index (κ2) is 7.17. The molecular weight excluding hydrogens is 212 g/mol. The standard InChI is InChI=1S/C15H26O2/c1-2-3-4-13-5-7-14(8-6-13)9-10-15-16-11-12-17-15/h9-10,13-15H,2-8,11-12H2,1H3/b10-9+/t13-,14-. The molecule has 0 aromatic carbocycles.